The first-order valence-corrected chi connectivity index (χ1v) is 5.48. The van der Waals surface area contributed by atoms with Crippen LogP contribution in [0.5, 0.6) is 5.75 Å². The van der Waals surface area contributed by atoms with Gasteiger partial charge >= 0.3 is 5.97 Å². The van der Waals surface area contributed by atoms with Gasteiger partial charge in [0.15, 0.2) is 0 Å². The lowest BCUT2D eigenvalue weighted by Gasteiger charge is -2.20. The molecule has 0 bridgehead atoms. The monoisotopic (exact) mass is 258 g/mol. The highest BCUT2D eigenvalue weighted by molar-refractivity contribution is 5.77. The van der Waals surface area contributed by atoms with E-state index in [1.807, 2.05) is 0 Å². The van der Waals surface area contributed by atoms with Crippen LogP contribution in [0.3, 0.4) is 0 Å². The van der Waals surface area contributed by atoms with Crippen LogP contribution in [0, 0.1) is 6.92 Å². The van der Waals surface area contributed by atoms with Gasteiger partial charge in [0.2, 0.25) is 0 Å². The molecule has 18 heavy (non-hydrogen) atoms. The number of halogens is 2. The lowest BCUT2D eigenvalue weighted by Crippen LogP contribution is -2.15. The Morgan fingerprint density at radius 3 is 2.39 bits per heavy atom. The molecule has 0 aliphatic carbocycles. The van der Waals surface area contributed by atoms with Crippen molar-refractivity contribution in [3.63, 3.8) is 0 Å². The lowest BCUT2D eigenvalue weighted by molar-refractivity contribution is -0.138. The molecular weight excluding hydrogens is 242 g/mol. The Morgan fingerprint density at radius 1 is 1.44 bits per heavy atom. The number of benzene rings is 1. The van der Waals surface area contributed by atoms with E-state index in [9.17, 15) is 13.6 Å². The lowest BCUT2D eigenvalue weighted by atomic mass is 9.93. The molecule has 3 nitrogen and oxygen atoms in total. The van der Waals surface area contributed by atoms with Crippen molar-refractivity contribution in [1.82, 2.24) is 0 Å². The van der Waals surface area contributed by atoms with Crippen molar-refractivity contribution in [1.29, 1.82) is 0 Å². The Labute approximate surface area is 104 Å². The van der Waals surface area contributed by atoms with Gasteiger partial charge in [0.1, 0.15) is 5.75 Å². The maximum Gasteiger partial charge on any atom is 0.310 e. The van der Waals surface area contributed by atoms with Gasteiger partial charge in [0.05, 0.1) is 18.6 Å². The number of aryl methyl sites for hydroxylation is 1. The van der Waals surface area contributed by atoms with Gasteiger partial charge in [-0.25, -0.2) is 8.78 Å². The molecule has 1 rings (SSSR count). The number of carbonyl (C=O) groups is 1. The molecule has 0 saturated heterocycles. The Kier molecular flexibility index (Phi) is 3.94. The highest BCUT2D eigenvalue weighted by atomic mass is 19.3. The zero-order valence-electron chi connectivity index (χ0n) is 10.8. The molecule has 0 aliphatic rings. The molecule has 0 aliphatic heterocycles. The summed E-state index contributed by atoms with van der Waals surface area (Å²) in [7, 11) is 1.26. The minimum atomic E-state index is -3.08. The summed E-state index contributed by atoms with van der Waals surface area (Å²) in [5.41, 5.74) is 0.560. The van der Waals surface area contributed by atoms with E-state index in [4.69, 9.17) is 9.84 Å². The van der Waals surface area contributed by atoms with Crippen molar-refractivity contribution < 1.29 is 23.4 Å². The third kappa shape index (κ3) is 2.78. The quantitative estimate of drug-likeness (QED) is 0.901. The molecular formula is C13H16F2O3. The van der Waals surface area contributed by atoms with Crippen LogP contribution in [0.4, 0.5) is 8.78 Å². The number of rotatable bonds is 4. The Morgan fingerprint density at radius 2 is 2.00 bits per heavy atom. The predicted molar refractivity (Wildman–Crippen MR) is 63.3 cm³/mol. The van der Waals surface area contributed by atoms with E-state index < -0.39 is 17.8 Å². The molecule has 1 N–H and O–H groups in total. The SMILES string of the molecule is COc1c(C(C)C(=O)O)cc(C)cc1C(C)(F)F. The van der Waals surface area contributed by atoms with E-state index in [-0.39, 0.29) is 16.9 Å². The van der Waals surface area contributed by atoms with Crippen molar-refractivity contribution in [3.05, 3.63) is 28.8 Å². The van der Waals surface area contributed by atoms with Gasteiger partial charge in [-0.1, -0.05) is 11.6 Å². The average Bonchev–Trinajstić information content (AvgIpc) is 2.25. The molecule has 0 spiro atoms. The van der Waals surface area contributed by atoms with E-state index >= 15 is 0 Å². The number of aliphatic carboxylic acids is 1. The standard InChI is InChI=1S/C13H16F2O3/c1-7-5-9(8(2)12(16)17)11(18-4)10(6-7)13(3,14)15/h5-6,8H,1-4H3,(H,16,17). The number of carboxylic acids is 1. The van der Waals surface area contributed by atoms with Gasteiger partial charge in [-0.3, -0.25) is 4.79 Å². The van der Waals surface area contributed by atoms with E-state index in [1.165, 1.54) is 20.1 Å². The number of hydrogen-bond donors (Lipinski definition) is 1. The number of alkyl halides is 2. The summed E-state index contributed by atoms with van der Waals surface area (Å²) in [5, 5.41) is 9.00. The van der Waals surface area contributed by atoms with Gasteiger partial charge in [-0.05, 0) is 19.9 Å². The molecule has 0 saturated carbocycles. The van der Waals surface area contributed by atoms with Crippen LogP contribution in [0.2, 0.25) is 0 Å². The highest BCUT2D eigenvalue weighted by Crippen LogP contribution is 2.40. The van der Waals surface area contributed by atoms with Crippen LogP contribution < -0.4 is 4.74 Å². The number of methoxy groups -OCH3 is 1. The van der Waals surface area contributed by atoms with Crippen LogP contribution in [0.25, 0.3) is 0 Å². The predicted octanol–water partition coefficient (Wildman–Crippen LogP) is 3.30. The maximum atomic E-state index is 13.5. The summed E-state index contributed by atoms with van der Waals surface area (Å²) in [6.07, 6.45) is 0. The number of hydrogen-bond acceptors (Lipinski definition) is 2. The number of carboxylic acid groups (broad SMARTS) is 1. The Hall–Kier alpha value is -1.65. The summed E-state index contributed by atoms with van der Waals surface area (Å²) in [6, 6.07) is 2.88. The van der Waals surface area contributed by atoms with Crippen molar-refractivity contribution in [2.75, 3.05) is 7.11 Å². The second-order valence-corrected chi connectivity index (χ2v) is 4.38. The van der Waals surface area contributed by atoms with Gasteiger partial charge in [0.25, 0.3) is 5.92 Å². The fourth-order valence-electron chi connectivity index (χ4n) is 1.81. The largest absolute Gasteiger partial charge is 0.496 e. The second-order valence-electron chi connectivity index (χ2n) is 4.38. The number of ether oxygens (including phenoxy) is 1. The van der Waals surface area contributed by atoms with Crippen molar-refractivity contribution in [2.45, 2.75) is 32.6 Å². The zero-order valence-corrected chi connectivity index (χ0v) is 10.8. The summed E-state index contributed by atoms with van der Waals surface area (Å²) in [4.78, 5) is 11.0. The minimum absolute atomic E-state index is 0.0528. The van der Waals surface area contributed by atoms with E-state index in [0.717, 1.165) is 6.92 Å². The van der Waals surface area contributed by atoms with E-state index in [1.54, 1.807) is 13.0 Å². The Bertz CT molecular complexity index is 464. The third-order valence-electron chi connectivity index (χ3n) is 2.78. The van der Waals surface area contributed by atoms with E-state index in [0.29, 0.717) is 5.56 Å². The Balaban J connectivity index is 3.52. The fourth-order valence-corrected chi connectivity index (χ4v) is 1.81. The minimum Gasteiger partial charge on any atom is -0.496 e. The topological polar surface area (TPSA) is 46.5 Å². The van der Waals surface area contributed by atoms with Crippen LogP contribution in [-0.2, 0) is 10.7 Å². The molecule has 0 aromatic heterocycles. The first-order valence-electron chi connectivity index (χ1n) is 5.48. The molecule has 0 radical (unpaired) electrons. The molecule has 1 aromatic rings. The maximum absolute atomic E-state index is 13.5. The highest BCUT2D eigenvalue weighted by Gasteiger charge is 2.32. The molecule has 1 atom stereocenters. The molecule has 1 unspecified atom stereocenters. The van der Waals surface area contributed by atoms with Crippen LogP contribution in [-0.4, -0.2) is 18.2 Å². The van der Waals surface area contributed by atoms with Crippen molar-refractivity contribution in [3.8, 4) is 5.75 Å². The van der Waals surface area contributed by atoms with Crippen molar-refractivity contribution >= 4 is 5.97 Å². The molecule has 0 heterocycles. The van der Waals surface area contributed by atoms with Gasteiger partial charge in [-0.15, -0.1) is 0 Å². The fraction of sp³-hybridized carbons (Fsp3) is 0.462. The van der Waals surface area contributed by atoms with Crippen LogP contribution in [0.1, 0.15) is 36.5 Å². The zero-order chi connectivity index (χ0) is 14.1. The molecule has 5 heteroatoms. The first-order chi connectivity index (χ1) is 8.18. The molecule has 0 amide bonds. The normalized spacial score (nSPS) is 13.2. The average molecular weight is 258 g/mol. The summed E-state index contributed by atoms with van der Waals surface area (Å²) >= 11 is 0. The first kappa shape index (κ1) is 14.4. The second kappa shape index (κ2) is 4.92. The molecule has 100 valence electrons. The smallest absolute Gasteiger partial charge is 0.310 e. The summed E-state index contributed by atoms with van der Waals surface area (Å²) in [6.45, 7) is 3.85. The summed E-state index contributed by atoms with van der Waals surface area (Å²) in [5.74, 6) is -5.11. The van der Waals surface area contributed by atoms with Gasteiger partial charge in [0, 0.05) is 12.5 Å². The van der Waals surface area contributed by atoms with Crippen LogP contribution >= 0.6 is 0 Å². The molecule has 1 aromatic carbocycles. The molecule has 0 fully saturated rings. The van der Waals surface area contributed by atoms with Gasteiger partial charge < -0.3 is 9.84 Å². The van der Waals surface area contributed by atoms with Gasteiger partial charge in [-0.2, -0.15) is 0 Å². The van der Waals surface area contributed by atoms with E-state index in [2.05, 4.69) is 0 Å². The van der Waals surface area contributed by atoms with Crippen molar-refractivity contribution in [2.24, 2.45) is 0 Å². The summed E-state index contributed by atoms with van der Waals surface area (Å²) < 4.78 is 32.0. The van der Waals surface area contributed by atoms with Crippen LogP contribution in [0.15, 0.2) is 12.1 Å². The third-order valence-corrected chi connectivity index (χ3v) is 2.78.